The molecule has 2 heterocycles. The molecule has 0 aromatic carbocycles. The Morgan fingerprint density at radius 3 is 2.88 bits per heavy atom. The molecular formula is C10H15N5OS. The Hall–Kier alpha value is -1.34. The predicted octanol–water partition coefficient (Wildman–Crippen LogP) is 1.26. The number of thioether (sulfide) groups is 1. The van der Waals surface area contributed by atoms with E-state index in [9.17, 15) is 5.11 Å². The van der Waals surface area contributed by atoms with Crippen LogP contribution >= 0.6 is 11.8 Å². The summed E-state index contributed by atoms with van der Waals surface area (Å²) < 4.78 is 0. The Labute approximate surface area is 103 Å². The van der Waals surface area contributed by atoms with Crippen LogP contribution in [0, 0.1) is 0 Å². The molecule has 2 aromatic rings. The van der Waals surface area contributed by atoms with Gasteiger partial charge in [0.25, 0.3) is 0 Å². The van der Waals surface area contributed by atoms with Crippen LogP contribution in [0.25, 0.3) is 11.0 Å². The Morgan fingerprint density at radius 2 is 2.24 bits per heavy atom. The van der Waals surface area contributed by atoms with Crippen molar-refractivity contribution >= 4 is 28.6 Å². The van der Waals surface area contributed by atoms with Crippen LogP contribution in [0.5, 0.6) is 0 Å². The monoisotopic (exact) mass is 253 g/mol. The molecule has 0 saturated carbocycles. The number of rotatable bonds is 4. The summed E-state index contributed by atoms with van der Waals surface area (Å²) in [4.78, 5) is 8.70. The zero-order chi connectivity index (χ0) is 12.5. The van der Waals surface area contributed by atoms with Crippen LogP contribution in [0.4, 0.5) is 5.82 Å². The van der Waals surface area contributed by atoms with E-state index in [0.717, 1.165) is 5.39 Å². The lowest BCUT2D eigenvalue weighted by Gasteiger charge is -2.24. The van der Waals surface area contributed by atoms with Gasteiger partial charge in [-0.1, -0.05) is 11.8 Å². The van der Waals surface area contributed by atoms with Gasteiger partial charge >= 0.3 is 0 Å². The first-order valence-corrected chi connectivity index (χ1v) is 6.42. The van der Waals surface area contributed by atoms with E-state index < -0.39 is 5.54 Å². The molecule has 92 valence electrons. The van der Waals surface area contributed by atoms with Crippen molar-refractivity contribution in [2.45, 2.75) is 24.5 Å². The van der Waals surface area contributed by atoms with E-state index in [1.807, 2.05) is 20.1 Å². The fraction of sp³-hybridized carbons (Fsp3) is 0.500. The second-order valence-electron chi connectivity index (χ2n) is 4.36. The molecule has 0 aliphatic heterocycles. The molecule has 3 N–H and O–H groups in total. The highest BCUT2D eigenvalue weighted by atomic mass is 32.2. The molecule has 17 heavy (non-hydrogen) atoms. The van der Waals surface area contributed by atoms with Gasteiger partial charge in [-0.05, 0) is 20.1 Å². The van der Waals surface area contributed by atoms with Crippen LogP contribution in [-0.2, 0) is 0 Å². The highest BCUT2D eigenvalue weighted by Gasteiger charge is 2.19. The lowest BCUT2D eigenvalue weighted by Crippen LogP contribution is -2.35. The van der Waals surface area contributed by atoms with Crippen LogP contribution in [0.2, 0.25) is 0 Å². The minimum atomic E-state index is -0.436. The third-order valence-electron chi connectivity index (χ3n) is 2.32. The Balaban J connectivity index is 2.47. The molecule has 0 fully saturated rings. The molecule has 0 aliphatic carbocycles. The lowest BCUT2D eigenvalue weighted by molar-refractivity contribution is 0.234. The smallest absolute Gasteiger partial charge is 0.191 e. The minimum Gasteiger partial charge on any atom is -0.394 e. The summed E-state index contributed by atoms with van der Waals surface area (Å²) >= 11 is 1.46. The third kappa shape index (κ3) is 2.50. The zero-order valence-electron chi connectivity index (χ0n) is 9.98. The van der Waals surface area contributed by atoms with Gasteiger partial charge in [0.05, 0.1) is 23.7 Å². The number of aromatic nitrogens is 4. The summed E-state index contributed by atoms with van der Waals surface area (Å²) in [6.07, 6.45) is 3.59. The molecule has 0 spiro atoms. The second-order valence-corrected chi connectivity index (χ2v) is 5.13. The van der Waals surface area contributed by atoms with Crippen LogP contribution in [0.3, 0.4) is 0 Å². The number of nitrogens with one attached hydrogen (secondary N) is 2. The van der Waals surface area contributed by atoms with Gasteiger partial charge in [-0.15, -0.1) is 0 Å². The number of aliphatic hydroxyl groups excluding tert-OH is 1. The fourth-order valence-corrected chi connectivity index (χ4v) is 1.73. The van der Waals surface area contributed by atoms with Crippen LogP contribution in [-0.4, -0.2) is 43.7 Å². The highest BCUT2D eigenvalue weighted by Crippen LogP contribution is 2.24. The zero-order valence-corrected chi connectivity index (χ0v) is 10.8. The number of nitrogens with zero attached hydrogens (tertiary/aromatic N) is 3. The number of anilines is 1. The van der Waals surface area contributed by atoms with Gasteiger partial charge in [0.15, 0.2) is 10.8 Å². The molecule has 7 heteroatoms. The van der Waals surface area contributed by atoms with Crippen molar-refractivity contribution < 1.29 is 5.11 Å². The Morgan fingerprint density at radius 1 is 1.47 bits per heavy atom. The first-order valence-electron chi connectivity index (χ1n) is 5.20. The average Bonchev–Trinajstić information content (AvgIpc) is 2.76. The summed E-state index contributed by atoms with van der Waals surface area (Å²) in [6.45, 7) is 3.82. The van der Waals surface area contributed by atoms with Crippen molar-refractivity contribution in [1.82, 2.24) is 20.2 Å². The van der Waals surface area contributed by atoms with E-state index in [4.69, 9.17) is 0 Å². The van der Waals surface area contributed by atoms with Gasteiger partial charge in [0, 0.05) is 0 Å². The topological polar surface area (TPSA) is 86.7 Å². The van der Waals surface area contributed by atoms with Gasteiger partial charge in [0.2, 0.25) is 0 Å². The Bertz CT molecular complexity index is 524. The van der Waals surface area contributed by atoms with Crippen LogP contribution in [0.1, 0.15) is 13.8 Å². The second kappa shape index (κ2) is 4.50. The van der Waals surface area contributed by atoms with Gasteiger partial charge in [-0.25, -0.2) is 9.97 Å². The van der Waals surface area contributed by atoms with Crippen molar-refractivity contribution in [2.24, 2.45) is 0 Å². The number of H-pyrrole nitrogens is 1. The van der Waals surface area contributed by atoms with Crippen molar-refractivity contribution in [3.8, 4) is 0 Å². The normalized spacial score (nSPS) is 12.0. The molecule has 0 atom stereocenters. The lowest BCUT2D eigenvalue weighted by atomic mass is 10.1. The molecule has 0 amide bonds. The first-order chi connectivity index (χ1) is 8.05. The molecule has 2 rings (SSSR count). The van der Waals surface area contributed by atoms with Crippen LogP contribution < -0.4 is 5.32 Å². The SMILES string of the molecule is CSc1nc(NC(C)(C)CO)c2cn[nH]c2n1. The summed E-state index contributed by atoms with van der Waals surface area (Å²) in [7, 11) is 0. The summed E-state index contributed by atoms with van der Waals surface area (Å²) in [5, 5.41) is 20.7. The number of aromatic amines is 1. The largest absolute Gasteiger partial charge is 0.394 e. The molecule has 0 saturated heterocycles. The fourth-order valence-electron chi connectivity index (χ4n) is 1.36. The quantitative estimate of drug-likeness (QED) is 0.561. The molecule has 0 unspecified atom stereocenters. The maximum absolute atomic E-state index is 9.27. The van der Waals surface area contributed by atoms with E-state index in [1.54, 1.807) is 6.20 Å². The van der Waals surface area contributed by atoms with E-state index in [2.05, 4.69) is 25.5 Å². The number of hydrogen-bond donors (Lipinski definition) is 3. The van der Waals surface area contributed by atoms with Crippen molar-refractivity contribution in [3.63, 3.8) is 0 Å². The molecule has 0 radical (unpaired) electrons. The minimum absolute atomic E-state index is 0.0188. The van der Waals surface area contributed by atoms with Crippen molar-refractivity contribution in [2.75, 3.05) is 18.2 Å². The van der Waals surface area contributed by atoms with E-state index in [-0.39, 0.29) is 6.61 Å². The molecular weight excluding hydrogens is 238 g/mol. The summed E-state index contributed by atoms with van der Waals surface area (Å²) in [6, 6.07) is 0. The molecule has 0 bridgehead atoms. The van der Waals surface area contributed by atoms with E-state index in [1.165, 1.54) is 11.8 Å². The molecule has 6 nitrogen and oxygen atoms in total. The van der Waals surface area contributed by atoms with Gasteiger partial charge in [0.1, 0.15) is 5.82 Å². The molecule has 2 aromatic heterocycles. The highest BCUT2D eigenvalue weighted by molar-refractivity contribution is 7.98. The number of aliphatic hydroxyl groups is 1. The molecule has 0 aliphatic rings. The van der Waals surface area contributed by atoms with Gasteiger partial charge in [-0.2, -0.15) is 5.10 Å². The number of fused-ring (bicyclic) bond motifs is 1. The maximum Gasteiger partial charge on any atom is 0.191 e. The van der Waals surface area contributed by atoms with E-state index in [0.29, 0.717) is 16.6 Å². The van der Waals surface area contributed by atoms with Crippen molar-refractivity contribution in [1.29, 1.82) is 0 Å². The van der Waals surface area contributed by atoms with Gasteiger partial charge < -0.3 is 10.4 Å². The number of hydrogen-bond acceptors (Lipinski definition) is 6. The standard InChI is InChI=1S/C10H15N5OS/c1-10(2,5-16)14-7-6-4-11-15-8(6)13-9(12-7)17-3/h4,16H,5H2,1-3H3,(H2,11,12,13,14,15). The first kappa shape index (κ1) is 12.1. The Kier molecular flexibility index (Phi) is 3.21. The summed E-state index contributed by atoms with van der Waals surface area (Å²) in [5.41, 5.74) is 0.259. The maximum atomic E-state index is 9.27. The summed E-state index contributed by atoms with van der Waals surface area (Å²) in [5.74, 6) is 0.687. The predicted molar refractivity (Wildman–Crippen MR) is 68.3 cm³/mol. The van der Waals surface area contributed by atoms with E-state index >= 15 is 0 Å². The van der Waals surface area contributed by atoms with Gasteiger partial charge in [-0.3, -0.25) is 5.10 Å². The third-order valence-corrected chi connectivity index (χ3v) is 2.87. The van der Waals surface area contributed by atoms with Crippen molar-refractivity contribution in [3.05, 3.63) is 6.20 Å². The average molecular weight is 253 g/mol. The van der Waals surface area contributed by atoms with Crippen LogP contribution in [0.15, 0.2) is 11.4 Å².